The van der Waals surface area contributed by atoms with E-state index in [2.05, 4.69) is 4.98 Å². The Hall–Kier alpha value is -3.44. The minimum Gasteiger partial charge on any atom is -0.486 e. The Morgan fingerprint density at radius 1 is 0.970 bits per heavy atom. The van der Waals surface area contributed by atoms with Crippen LogP contribution in [0.15, 0.2) is 58.5 Å². The molecule has 0 radical (unpaired) electrons. The molecule has 5 rings (SSSR count). The predicted octanol–water partition coefficient (Wildman–Crippen LogP) is 0.701. The van der Waals surface area contributed by atoms with Gasteiger partial charge in [0.05, 0.1) is 22.1 Å². The lowest BCUT2D eigenvalue weighted by molar-refractivity contribution is -0.133. The molecule has 33 heavy (non-hydrogen) atoms. The first-order chi connectivity index (χ1) is 15.9. The van der Waals surface area contributed by atoms with E-state index >= 15 is 0 Å². The van der Waals surface area contributed by atoms with E-state index in [1.54, 1.807) is 35.2 Å². The monoisotopic (exact) mass is 470 g/mol. The number of para-hydroxylation sites is 1. The predicted molar refractivity (Wildman–Crippen MR) is 119 cm³/mol. The highest BCUT2D eigenvalue weighted by molar-refractivity contribution is 7.89. The van der Waals surface area contributed by atoms with E-state index in [4.69, 9.17) is 9.47 Å². The second-order valence-electron chi connectivity index (χ2n) is 7.79. The molecular weight excluding hydrogens is 448 g/mol. The van der Waals surface area contributed by atoms with Gasteiger partial charge in [0.25, 0.3) is 5.56 Å². The van der Waals surface area contributed by atoms with Crippen LogP contribution in [0.1, 0.15) is 0 Å². The molecule has 1 aromatic heterocycles. The number of carbonyl (C=O) groups excluding carboxylic acids is 1. The van der Waals surface area contributed by atoms with Gasteiger partial charge in [-0.15, -0.1) is 0 Å². The molecule has 1 fully saturated rings. The molecule has 0 saturated carbocycles. The average Bonchev–Trinajstić information content (AvgIpc) is 2.85. The van der Waals surface area contributed by atoms with Gasteiger partial charge in [0.2, 0.25) is 15.9 Å². The molecule has 0 unspecified atom stereocenters. The van der Waals surface area contributed by atoms with Crippen molar-refractivity contribution in [2.24, 2.45) is 0 Å². The second kappa shape index (κ2) is 8.49. The lowest BCUT2D eigenvalue weighted by atomic mass is 10.2. The summed E-state index contributed by atoms with van der Waals surface area (Å²) >= 11 is 0. The van der Waals surface area contributed by atoms with Crippen molar-refractivity contribution in [3.63, 3.8) is 0 Å². The molecular formula is C22H22N4O6S. The summed E-state index contributed by atoms with van der Waals surface area (Å²) in [6.07, 6.45) is 1.37. The minimum absolute atomic E-state index is 0.125. The van der Waals surface area contributed by atoms with Crippen molar-refractivity contribution in [1.82, 2.24) is 18.8 Å². The number of amides is 1. The largest absolute Gasteiger partial charge is 0.486 e. The van der Waals surface area contributed by atoms with Crippen LogP contribution in [-0.4, -0.2) is 72.5 Å². The average molecular weight is 471 g/mol. The van der Waals surface area contributed by atoms with Gasteiger partial charge in [-0.1, -0.05) is 12.1 Å². The summed E-state index contributed by atoms with van der Waals surface area (Å²) in [5, 5.41) is 0.447. The van der Waals surface area contributed by atoms with Gasteiger partial charge in [-0.2, -0.15) is 4.31 Å². The van der Waals surface area contributed by atoms with Crippen molar-refractivity contribution < 1.29 is 22.7 Å². The number of carbonyl (C=O) groups is 1. The van der Waals surface area contributed by atoms with Gasteiger partial charge in [-0.3, -0.25) is 14.2 Å². The lowest BCUT2D eigenvalue weighted by Gasteiger charge is -2.34. The van der Waals surface area contributed by atoms with Gasteiger partial charge in [-0.25, -0.2) is 13.4 Å². The molecule has 1 saturated heterocycles. The highest BCUT2D eigenvalue weighted by Gasteiger charge is 2.31. The van der Waals surface area contributed by atoms with Gasteiger partial charge in [-0.05, 0) is 24.3 Å². The number of sulfonamides is 1. The van der Waals surface area contributed by atoms with Gasteiger partial charge in [0.15, 0.2) is 11.5 Å². The van der Waals surface area contributed by atoms with Gasteiger partial charge >= 0.3 is 0 Å². The van der Waals surface area contributed by atoms with E-state index in [0.717, 1.165) is 0 Å². The third kappa shape index (κ3) is 4.05. The molecule has 172 valence electrons. The highest BCUT2D eigenvalue weighted by atomic mass is 32.2. The van der Waals surface area contributed by atoms with E-state index in [1.165, 1.54) is 27.3 Å². The molecule has 0 N–H and O–H groups in total. The molecule has 2 aliphatic heterocycles. The summed E-state index contributed by atoms with van der Waals surface area (Å²) in [5.41, 5.74) is 0.290. The summed E-state index contributed by atoms with van der Waals surface area (Å²) in [5.74, 6) is 0.671. The van der Waals surface area contributed by atoms with E-state index < -0.39 is 10.0 Å². The first-order valence-electron chi connectivity index (χ1n) is 10.6. The van der Waals surface area contributed by atoms with Gasteiger partial charge < -0.3 is 14.4 Å². The molecule has 1 amide bonds. The summed E-state index contributed by atoms with van der Waals surface area (Å²) in [7, 11) is -3.74. The van der Waals surface area contributed by atoms with Crippen LogP contribution in [0.2, 0.25) is 0 Å². The molecule has 3 aromatic rings. The zero-order valence-electron chi connectivity index (χ0n) is 17.7. The Bertz CT molecular complexity index is 1380. The Morgan fingerprint density at radius 3 is 2.48 bits per heavy atom. The number of hydrogen-bond acceptors (Lipinski definition) is 7. The van der Waals surface area contributed by atoms with Crippen LogP contribution in [0, 0.1) is 0 Å². The van der Waals surface area contributed by atoms with E-state index in [-0.39, 0.29) is 49.1 Å². The quantitative estimate of drug-likeness (QED) is 0.552. The third-order valence-corrected chi connectivity index (χ3v) is 7.67. The van der Waals surface area contributed by atoms with Crippen molar-refractivity contribution in [2.75, 3.05) is 39.4 Å². The van der Waals surface area contributed by atoms with Gasteiger partial charge in [0.1, 0.15) is 19.8 Å². The standard InChI is InChI=1S/C22H22N4O6S/c27-21(14-25-15-23-18-4-2-1-3-17(18)22(25)28)24-7-9-26(10-8-24)33(29,30)16-5-6-19-20(13-16)32-12-11-31-19/h1-6,13,15H,7-12,14H2. The summed E-state index contributed by atoms with van der Waals surface area (Å²) in [6.45, 7) is 1.44. The molecule has 2 aliphatic rings. The highest BCUT2D eigenvalue weighted by Crippen LogP contribution is 2.33. The number of ether oxygens (including phenoxy) is 2. The van der Waals surface area contributed by atoms with Crippen molar-refractivity contribution in [3.05, 3.63) is 59.1 Å². The Labute approximate surface area is 190 Å². The first-order valence-corrected chi connectivity index (χ1v) is 12.0. The zero-order valence-corrected chi connectivity index (χ0v) is 18.5. The van der Waals surface area contributed by atoms with Crippen molar-refractivity contribution >= 4 is 26.8 Å². The minimum atomic E-state index is -3.74. The Kier molecular flexibility index (Phi) is 5.51. The van der Waals surface area contributed by atoms with Crippen molar-refractivity contribution in [2.45, 2.75) is 11.4 Å². The van der Waals surface area contributed by atoms with Crippen LogP contribution in [0.5, 0.6) is 11.5 Å². The smallest absolute Gasteiger partial charge is 0.261 e. The van der Waals surface area contributed by atoms with Crippen LogP contribution in [0.4, 0.5) is 0 Å². The van der Waals surface area contributed by atoms with Crippen LogP contribution in [0.25, 0.3) is 10.9 Å². The fraction of sp³-hybridized carbons (Fsp3) is 0.318. The normalized spacial score (nSPS) is 16.7. The van der Waals surface area contributed by atoms with Gasteiger partial charge in [0, 0.05) is 32.2 Å². The van der Waals surface area contributed by atoms with E-state index in [1.807, 2.05) is 0 Å². The lowest BCUT2D eigenvalue weighted by Crippen LogP contribution is -2.51. The number of nitrogens with zero attached hydrogens (tertiary/aromatic N) is 4. The van der Waals surface area contributed by atoms with Crippen LogP contribution in [0.3, 0.4) is 0 Å². The SMILES string of the molecule is O=C(Cn1cnc2ccccc2c1=O)N1CCN(S(=O)(=O)c2ccc3c(c2)OCCO3)CC1. The zero-order chi connectivity index (χ0) is 23.0. The number of piperazine rings is 1. The molecule has 3 heterocycles. The topological polar surface area (TPSA) is 111 Å². The maximum Gasteiger partial charge on any atom is 0.261 e. The number of rotatable bonds is 4. The number of benzene rings is 2. The van der Waals surface area contributed by atoms with E-state index in [9.17, 15) is 18.0 Å². The maximum absolute atomic E-state index is 13.1. The fourth-order valence-corrected chi connectivity index (χ4v) is 5.41. The van der Waals surface area contributed by atoms with Crippen molar-refractivity contribution in [1.29, 1.82) is 0 Å². The fourth-order valence-electron chi connectivity index (χ4n) is 3.98. The number of hydrogen-bond donors (Lipinski definition) is 0. The summed E-state index contributed by atoms with van der Waals surface area (Å²) < 4.78 is 39.7. The first kappa shape index (κ1) is 21.4. The van der Waals surface area contributed by atoms with Crippen molar-refractivity contribution in [3.8, 4) is 11.5 Å². The van der Waals surface area contributed by atoms with Crippen LogP contribution < -0.4 is 15.0 Å². The third-order valence-electron chi connectivity index (χ3n) is 5.78. The van der Waals surface area contributed by atoms with Crippen LogP contribution in [-0.2, 0) is 21.4 Å². The van der Waals surface area contributed by atoms with Crippen LogP contribution >= 0.6 is 0 Å². The molecule has 0 aliphatic carbocycles. The molecule has 2 aromatic carbocycles. The second-order valence-corrected chi connectivity index (χ2v) is 9.72. The summed E-state index contributed by atoms with van der Waals surface area (Å²) in [4.78, 5) is 31.3. The number of aromatic nitrogens is 2. The molecule has 0 spiro atoms. The molecule has 0 bridgehead atoms. The molecule has 10 nitrogen and oxygen atoms in total. The Morgan fingerprint density at radius 2 is 1.70 bits per heavy atom. The molecule has 0 atom stereocenters. The Balaban J connectivity index is 1.26. The number of fused-ring (bicyclic) bond motifs is 2. The van der Waals surface area contributed by atoms with E-state index in [0.29, 0.717) is 35.6 Å². The molecule has 11 heteroatoms. The summed E-state index contributed by atoms with van der Waals surface area (Å²) in [6, 6.07) is 11.5. The maximum atomic E-state index is 13.1.